The van der Waals surface area contributed by atoms with Crippen molar-refractivity contribution in [3.8, 4) is 0 Å². The molecule has 0 radical (unpaired) electrons. The lowest BCUT2D eigenvalue weighted by Gasteiger charge is -2.24. The fourth-order valence-electron chi connectivity index (χ4n) is 2.17. The van der Waals surface area contributed by atoms with E-state index >= 15 is 0 Å². The van der Waals surface area contributed by atoms with Crippen molar-refractivity contribution >= 4 is 44.7 Å². The third-order valence-electron chi connectivity index (χ3n) is 3.53. The molecule has 2 aromatic rings. The maximum absolute atomic E-state index is 13.1. The van der Waals surface area contributed by atoms with Crippen LogP contribution in [0.15, 0.2) is 47.4 Å². The Morgan fingerprint density at radius 3 is 2.29 bits per heavy atom. The van der Waals surface area contributed by atoms with Gasteiger partial charge in [-0.15, -0.1) is 0 Å². The van der Waals surface area contributed by atoms with Crippen molar-refractivity contribution in [1.82, 2.24) is 0 Å². The van der Waals surface area contributed by atoms with E-state index in [9.17, 15) is 33.4 Å². The van der Waals surface area contributed by atoms with Gasteiger partial charge in [0.1, 0.15) is 6.54 Å². The minimum Gasteiger partial charge on any atom is -0.468 e. The lowest BCUT2D eigenvalue weighted by molar-refractivity contribution is -0.385. The van der Waals surface area contributed by atoms with E-state index in [-0.39, 0.29) is 10.7 Å². The molecular formula is C15H12ClN3O8S. The number of carbonyl (C=O) groups is 1. The summed E-state index contributed by atoms with van der Waals surface area (Å²) in [4.78, 5) is 31.7. The molecule has 0 atom stereocenters. The molecule has 0 aliphatic heterocycles. The SMILES string of the molecule is COC(=O)CN(c1cc([N+](=O)[O-])ccc1Cl)S(=O)(=O)c1cccc([N+](=O)[O-])c1. The summed E-state index contributed by atoms with van der Waals surface area (Å²) in [5.74, 6) is -0.975. The zero-order valence-electron chi connectivity index (χ0n) is 14.1. The number of esters is 1. The molecule has 0 bridgehead atoms. The first-order valence-electron chi connectivity index (χ1n) is 7.36. The molecule has 11 nitrogen and oxygen atoms in total. The Balaban J connectivity index is 2.68. The van der Waals surface area contributed by atoms with Crippen molar-refractivity contribution in [1.29, 1.82) is 0 Å². The van der Waals surface area contributed by atoms with Crippen LogP contribution >= 0.6 is 11.6 Å². The molecule has 2 aromatic carbocycles. The van der Waals surface area contributed by atoms with Gasteiger partial charge in [-0.05, 0) is 12.1 Å². The van der Waals surface area contributed by atoms with Crippen molar-refractivity contribution < 1.29 is 27.8 Å². The van der Waals surface area contributed by atoms with Crippen LogP contribution in [0, 0.1) is 20.2 Å². The lowest BCUT2D eigenvalue weighted by Crippen LogP contribution is -2.36. The third kappa shape index (κ3) is 4.35. The molecule has 28 heavy (non-hydrogen) atoms. The van der Waals surface area contributed by atoms with Crippen LogP contribution in [0.5, 0.6) is 0 Å². The zero-order chi connectivity index (χ0) is 21.1. The van der Waals surface area contributed by atoms with Crippen LogP contribution in [0.25, 0.3) is 0 Å². The van der Waals surface area contributed by atoms with Gasteiger partial charge in [0, 0.05) is 24.3 Å². The van der Waals surface area contributed by atoms with Crippen LogP contribution in [0.4, 0.5) is 17.1 Å². The third-order valence-corrected chi connectivity index (χ3v) is 5.60. The molecule has 0 aliphatic rings. The van der Waals surface area contributed by atoms with Crippen LogP contribution in [0.3, 0.4) is 0 Å². The Kier molecular flexibility index (Phi) is 6.16. The van der Waals surface area contributed by atoms with E-state index in [1.807, 2.05) is 0 Å². The summed E-state index contributed by atoms with van der Waals surface area (Å²) in [6.07, 6.45) is 0. The van der Waals surface area contributed by atoms with E-state index in [2.05, 4.69) is 4.74 Å². The Bertz CT molecular complexity index is 1060. The molecule has 2 rings (SSSR count). The van der Waals surface area contributed by atoms with Gasteiger partial charge in [-0.2, -0.15) is 0 Å². The summed E-state index contributed by atoms with van der Waals surface area (Å²) < 4.78 is 31.1. The fraction of sp³-hybridized carbons (Fsp3) is 0.133. The van der Waals surface area contributed by atoms with Crippen molar-refractivity contribution in [3.63, 3.8) is 0 Å². The van der Waals surface area contributed by atoms with Crippen LogP contribution in [-0.4, -0.2) is 37.9 Å². The lowest BCUT2D eigenvalue weighted by atomic mass is 10.3. The molecule has 0 saturated heterocycles. The quantitative estimate of drug-likeness (QED) is 0.370. The maximum atomic E-state index is 13.1. The average Bonchev–Trinajstić information content (AvgIpc) is 2.66. The van der Waals surface area contributed by atoms with Crippen molar-refractivity contribution in [2.45, 2.75) is 4.90 Å². The minimum atomic E-state index is -4.56. The Labute approximate surface area is 163 Å². The highest BCUT2D eigenvalue weighted by Crippen LogP contribution is 2.34. The van der Waals surface area contributed by atoms with Gasteiger partial charge in [-0.3, -0.25) is 29.3 Å². The molecule has 0 aliphatic carbocycles. The number of anilines is 1. The Hall–Kier alpha value is -3.25. The highest BCUT2D eigenvalue weighted by atomic mass is 35.5. The van der Waals surface area contributed by atoms with Crippen LogP contribution in [0.1, 0.15) is 0 Å². The number of halogens is 1. The monoisotopic (exact) mass is 429 g/mol. The van der Waals surface area contributed by atoms with Crippen LogP contribution in [-0.2, 0) is 19.6 Å². The van der Waals surface area contributed by atoms with E-state index < -0.39 is 48.7 Å². The maximum Gasteiger partial charge on any atom is 0.326 e. The first-order chi connectivity index (χ1) is 13.1. The number of benzene rings is 2. The second kappa shape index (κ2) is 8.19. The standard InChI is InChI=1S/C15H12ClN3O8S/c1-27-15(20)9-17(14-8-11(19(23)24)5-6-13(14)16)28(25,26)12-4-2-3-10(7-12)18(21)22/h2-8H,9H2,1H3. The number of hydrogen-bond acceptors (Lipinski definition) is 8. The van der Waals surface area contributed by atoms with E-state index in [1.165, 1.54) is 0 Å². The minimum absolute atomic E-state index is 0.191. The number of non-ortho nitro benzene ring substituents is 2. The normalized spacial score (nSPS) is 10.9. The van der Waals surface area contributed by atoms with Gasteiger partial charge < -0.3 is 4.74 Å². The zero-order valence-corrected chi connectivity index (χ0v) is 15.7. The molecule has 148 valence electrons. The average molecular weight is 430 g/mol. The van der Waals surface area contributed by atoms with Gasteiger partial charge in [0.15, 0.2) is 0 Å². The molecule has 0 N–H and O–H groups in total. The van der Waals surface area contributed by atoms with Gasteiger partial charge in [0.05, 0.1) is 32.6 Å². The number of nitro groups is 2. The molecule has 0 saturated carbocycles. The fourth-order valence-corrected chi connectivity index (χ4v) is 3.90. The molecule has 0 aromatic heterocycles. The summed E-state index contributed by atoms with van der Waals surface area (Å²) in [7, 11) is -3.54. The largest absolute Gasteiger partial charge is 0.468 e. The molecule has 0 unspecified atom stereocenters. The van der Waals surface area contributed by atoms with Crippen molar-refractivity contribution in [2.75, 3.05) is 18.0 Å². The molecule has 0 spiro atoms. The van der Waals surface area contributed by atoms with Crippen molar-refractivity contribution in [2.24, 2.45) is 0 Å². The second-order valence-corrected chi connectivity index (χ2v) is 7.50. The van der Waals surface area contributed by atoms with Gasteiger partial charge in [-0.1, -0.05) is 17.7 Å². The highest BCUT2D eigenvalue weighted by molar-refractivity contribution is 7.92. The number of nitro benzene ring substituents is 2. The number of sulfonamides is 1. The first kappa shape index (κ1) is 21.1. The van der Waals surface area contributed by atoms with Gasteiger partial charge in [-0.25, -0.2) is 8.42 Å². The van der Waals surface area contributed by atoms with E-state index in [1.54, 1.807) is 0 Å². The summed E-state index contributed by atoms with van der Waals surface area (Å²) >= 11 is 6.01. The van der Waals surface area contributed by atoms with Crippen LogP contribution < -0.4 is 4.31 Å². The van der Waals surface area contributed by atoms with E-state index in [4.69, 9.17) is 11.6 Å². The topological polar surface area (TPSA) is 150 Å². The van der Waals surface area contributed by atoms with Crippen LogP contribution in [0.2, 0.25) is 5.02 Å². The Morgan fingerprint density at radius 1 is 1.11 bits per heavy atom. The van der Waals surface area contributed by atoms with Gasteiger partial charge in [0.25, 0.3) is 21.4 Å². The molecule has 13 heteroatoms. The molecule has 0 amide bonds. The Morgan fingerprint density at radius 2 is 1.71 bits per heavy atom. The highest BCUT2D eigenvalue weighted by Gasteiger charge is 2.31. The first-order valence-corrected chi connectivity index (χ1v) is 9.17. The number of hydrogen-bond donors (Lipinski definition) is 0. The van der Waals surface area contributed by atoms with Gasteiger partial charge >= 0.3 is 5.97 Å². The number of ether oxygens (including phenoxy) is 1. The molecule has 0 heterocycles. The predicted molar refractivity (Wildman–Crippen MR) is 97.8 cm³/mol. The summed E-state index contributed by atoms with van der Waals surface area (Å²) in [5, 5.41) is 21.8. The van der Waals surface area contributed by atoms with Crippen molar-refractivity contribution in [3.05, 3.63) is 67.7 Å². The van der Waals surface area contributed by atoms with E-state index in [0.29, 0.717) is 4.31 Å². The number of rotatable bonds is 7. The molecule has 0 fully saturated rings. The van der Waals surface area contributed by atoms with Gasteiger partial charge in [0.2, 0.25) is 0 Å². The number of carbonyl (C=O) groups excluding carboxylic acids is 1. The molecular weight excluding hydrogens is 418 g/mol. The van der Waals surface area contributed by atoms with E-state index in [0.717, 1.165) is 49.6 Å². The smallest absolute Gasteiger partial charge is 0.326 e. The second-order valence-electron chi connectivity index (χ2n) is 5.24. The summed E-state index contributed by atoms with van der Waals surface area (Å²) in [6, 6.07) is 7.15. The number of methoxy groups -OCH3 is 1. The number of nitrogens with zero attached hydrogens (tertiary/aromatic N) is 3. The summed E-state index contributed by atoms with van der Waals surface area (Å²) in [5.41, 5.74) is -1.32. The predicted octanol–water partition coefficient (Wildman–Crippen LogP) is 2.52. The summed E-state index contributed by atoms with van der Waals surface area (Å²) in [6.45, 7) is -0.859.